The lowest BCUT2D eigenvalue weighted by Crippen LogP contribution is -2.15. The molecule has 1 aromatic carbocycles. The topological polar surface area (TPSA) is 30.5 Å². The highest BCUT2D eigenvalue weighted by Gasteiger charge is 2.20. The van der Waals surface area contributed by atoms with Gasteiger partial charge in [0.1, 0.15) is 0 Å². The van der Waals surface area contributed by atoms with Crippen molar-refractivity contribution in [1.29, 1.82) is 0 Å². The van der Waals surface area contributed by atoms with E-state index in [2.05, 4.69) is 17.4 Å². The third kappa shape index (κ3) is 3.66. The number of ether oxygens (including phenoxy) is 2. The lowest BCUT2D eigenvalue weighted by Gasteiger charge is -2.15. The van der Waals surface area contributed by atoms with Gasteiger partial charge in [-0.15, -0.1) is 0 Å². The van der Waals surface area contributed by atoms with Crippen molar-refractivity contribution in [3.8, 4) is 11.5 Å². The van der Waals surface area contributed by atoms with E-state index in [-0.39, 0.29) is 0 Å². The van der Waals surface area contributed by atoms with Gasteiger partial charge in [0.25, 0.3) is 0 Å². The van der Waals surface area contributed by atoms with E-state index in [0.29, 0.717) is 0 Å². The van der Waals surface area contributed by atoms with Gasteiger partial charge in [0.05, 0.1) is 13.7 Å². The monoisotopic (exact) mass is 275 g/mol. The Bertz CT molecular complexity index is 437. The van der Waals surface area contributed by atoms with Crippen LogP contribution in [0.2, 0.25) is 0 Å². The molecule has 3 nitrogen and oxygen atoms in total. The van der Waals surface area contributed by atoms with Gasteiger partial charge in [-0.2, -0.15) is 0 Å². The molecule has 1 aromatic rings. The molecule has 0 atom stereocenters. The van der Waals surface area contributed by atoms with Crippen molar-refractivity contribution in [1.82, 2.24) is 5.32 Å². The van der Waals surface area contributed by atoms with Crippen molar-refractivity contribution in [3.05, 3.63) is 23.8 Å². The van der Waals surface area contributed by atoms with Crippen LogP contribution in [0, 0.1) is 5.92 Å². The van der Waals surface area contributed by atoms with E-state index < -0.39 is 0 Å². The van der Waals surface area contributed by atoms with Gasteiger partial charge in [0.2, 0.25) is 0 Å². The van der Waals surface area contributed by atoms with Crippen molar-refractivity contribution in [3.63, 3.8) is 0 Å². The molecule has 0 spiro atoms. The zero-order valence-electron chi connectivity index (χ0n) is 12.4. The molecule has 0 amide bonds. The fourth-order valence-corrected chi connectivity index (χ4v) is 2.88. The molecule has 3 heteroatoms. The van der Waals surface area contributed by atoms with Gasteiger partial charge in [-0.05, 0) is 49.3 Å². The van der Waals surface area contributed by atoms with E-state index in [4.69, 9.17) is 9.47 Å². The van der Waals surface area contributed by atoms with Crippen molar-refractivity contribution in [2.75, 3.05) is 13.7 Å². The molecule has 2 aliphatic rings. The van der Waals surface area contributed by atoms with Crippen LogP contribution >= 0.6 is 0 Å². The Morgan fingerprint density at radius 2 is 1.90 bits per heavy atom. The van der Waals surface area contributed by atoms with Crippen LogP contribution in [-0.4, -0.2) is 19.8 Å². The van der Waals surface area contributed by atoms with Crippen LogP contribution in [-0.2, 0) is 6.54 Å². The first-order valence-corrected chi connectivity index (χ1v) is 7.88. The van der Waals surface area contributed by atoms with Crippen molar-refractivity contribution in [2.45, 2.75) is 51.1 Å². The Kier molecular flexibility index (Phi) is 4.46. The second kappa shape index (κ2) is 6.49. The number of hydrogen-bond acceptors (Lipinski definition) is 3. The smallest absolute Gasteiger partial charge is 0.161 e. The largest absolute Gasteiger partial charge is 0.493 e. The Hall–Kier alpha value is -1.22. The summed E-state index contributed by atoms with van der Waals surface area (Å²) >= 11 is 0. The first-order valence-electron chi connectivity index (χ1n) is 7.88. The zero-order valence-corrected chi connectivity index (χ0v) is 12.4. The first kappa shape index (κ1) is 13.7. The molecule has 0 aliphatic heterocycles. The van der Waals surface area contributed by atoms with Crippen LogP contribution in [0.25, 0.3) is 0 Å². The lowest BCUT2D eigenvalue weighted by molar-refractivity contribution is 0.240. The highest BCUT2D eigenvalue weighted by molar-refractivity contribution is 5.43. The summed E-state index contributed by atoms with van der Waals surface area (Å²) < 4.78 is 11.4. The SMILES string of the molecule is COc1ccc(CNC2CC2)cc1OCC1CCCC1. The van der Waals surface area contributed by atoms with Crippen LogP contribution < -0.4 is 14.8 Å². The fraction of sp³-hybridized carbons (Fsp3) is 0.647. The summed E-state index contributed by atoms with van der Waals surface area (Å²) in [6, 6.07) is 7.01. The number of rotatable bonds is 7. The van der Waals surface area contributed by atoms with Gasteiger partial charge in [-0.25, -0.2) is 0 Å². The summed E-state index contributed by atoms with van der Waals surface area (Å²) in [7, 11) is 1.71. The van der Waals surface area contributed by atoms with Gasteiger partial charge < -0.3 is 14.8 Å². The quantitative estimate of drug-likeness (QED) is 0.826. The third-order valence-electron chi connectivity index (χ3n) is 4.35. The molecule has 3 rings (SSSR count). The van der Waals surface area contributed by atoms with Crippen molar-refractivity contribution < 1.29 is 9.47 Å². The molecule has 2 aliphatic carbocycles. The van der Waals surface area contributed by atoms with E-state index >= 15 is 0 Å². The molecule has 0 bridgehead atoms. The van der Waals surface area contributed by atoms with Gasteiger partial charge in [0.15, 0.2) is 11.5 Å². The number of hydrogen-bond donors (Lipinski definition) is 1. The van der Waals surface area contributed by atoms with Gasteiger partial charge >= 0.3 is 0 Å². The average molecular weight is 275 g/mol. The minimum Gasteiger partial charge on any atom is -0.493 e. The molecule has 0 heterocycles. The van der Waals surface area contributed by atoms with E-state index in [1.165, 1.54) is 44.1 Å². The standard InChI is InChI=1S/C17H25NO2/c1-19-16-9-6-14(11-18-15-7-8-15)10-17(16)20-12-13-4-2-3-5-13/h6,9-10,13,15,18H,2-5,7-8,11-12H2,1H3. The summed E-state index contributed by atoms with van der Waals surface area (Å²) in [5.41, 5.74) is 1.28. The summed E-state index contributed by atoms with van der Waals surface area (Å²) in [6.45, 7) is 1.75. The van der Waals surface area contributed by atoms with E-state index in [1.54, 1.807) is 7.11 Å². The van der Waals surface area contributed by atoms with Crippen LogP contribution in [0.4, 0.5) is 0 Å². The predicted octanol–water partition coefficient (Wildman–Crippen LogP) is 3.52. The molecular weight excluding hydrogens is 250 g/mol. The van der Waals surface area contributed by atoms with Gasteiger partial charge in [-0.3, -0.25) is 0 Å². The third-order valence-corrected chi connectivity index (χ3v) is 4.35. The highest BCUT2D eigenvalue weighted by atomic mass is 16.5. The predicted molar refractivity (Wildman–Crippen MR) is 80.3 cm³/mol. The number of nitrogens with one attached hydrogen (secondary N) is 1. The summed E-state index contributed by atoms with van der Waals surface area (Å²) in [5, 5.41) is 3.54. The van der Waals surface area contributed by atoms with Crippen molar-refractivity contribution >= 4 is 0 Å². The Morgan fingerprint density at radius 1 is 1.10 bits per heavy atom. The Morgan fingerprint density at radius 3 is 2.60 bits per heavy atom. The molecular formula is C17H25NO2. The molecule has 2 saturated carbocycles. The summed E-state index contributed by atoms with van der Waals surface area (Å²) in [4.78, 5) is 0. The summed E-state index contributed by atoms with van der Waals surface area (Å²) in [6.07, 6.45) is 7.98. The molecule has 0 aromatic heterocycles. The van der Waals surface area contributed by atoms with E-state index in [1.807, 2.05) is 6.07 Å². The summed E-state index contributed by atoms with van der Waals surface area (Å²) in [5.74, 6) is 2.47. The first-order chi connectivity index (χ1) is 9.85. The van der Waals surface area contributed by atoms with E-state index in [9.17, 15) is 0 Å². The maximum Gasteiger partial charge on any atom is 0.161 e. The maximum atomic E-state index is 6.02. The molecule has 20 heavy (non-hydrogen) atoms. The maximum absolute atomic E-state index is 6.02. The van der Waals surface area contributed by atoms with Crippen LogP contribution in [0.3, 0.4) is 0 Å². The molecule has 110 valence electrons. The molecule has 1 N–H and O–H groups in total. The Balaban J connectivity index is 1.60. The zero-order chi connectivity index (χ0) is 13.8. The second-order valence-corrected chi connectivity index (χ2v) is 6.10. The second-order valence-electron chi connectivity index (χ2n) is 6.10. The van der Waals surface area contributed by atoms with Crippen LogP contribution in [0.15, 0.2) is 18.2 Å². The van der Waals surface area contributed by atoms with Gasteiger partial charge in [0, 0.05) is 12.6 Å². The van der Waals surface area contributed by atoms with Crippen LogP contribution in [0.1, 0.15) is 44.1 Å². The Labute approximate surface area is 121 Å². The van der Waals surface area contributed by atoms with Gasteiger partial charge in [-0.1, -0.05) is 18.9 Å². The molecule has 0 radical (unpaired) electrons. The minimum atomic E-state index is 0.730. The van der Waals surface area contributed by atoms with E-state index in [0.717, 1.165) is 36.6 Å². The van der Waals surface area contributed by atoms with Crippen molar-refractivity contribution in [2.24, 2.45) is 5.92 Å². The highest BCUT2D eigenvalue weighted by Crippen LogP contribution is 2.31. The fourth-order valence-electron chi connectivity index (χ4n) is 2.88. The van der Waals surface area contributed by atoms with Crippen LogP contribution in [0.5, 0.6) is 11.5 Å². The molecule has 0 unspecified atom stereocenters. The molecule has 0 saturated heterocycles. The minimum absolute atomic E-state index is 0.730. The number of methoxy groups -OCH3 is 1. The normalized spacial score (nSPS) is 19.2. The molecule has 2 fully saturated rings. The number of benzene rings is 1. The average Bonchev–Trinajstić information content (AvgIpc) is 3.17. The lowest BCUT2D eigenvalue weighted by atomic mass is 10.1.